The third-order valence-electron chi connectivity index (χ3n) is 5.44. The van der Waals surface area contributed by atoms with E-state index in [0.717, 1.165) is 16.9 Å². The van der Waals surface area contributed by atoms with Gasteiger partial charge >= 0.3 is 0 Å². The van der Waals surface area contributed by atoms with Crippen molar-refractivity contribution in [1.82, 2.24) is 25.1 Å². The molecule has 160 valence electrons. The predicted octanol–water partition coefficient (Wildman–Crippen LogP) is 3.08. The van der Waals surface area contributed by atoms with Crippen molar-refractivity contribution in [3.8, 4) is 23.0 Å². The molecule has 1 aliphatic rings. The van der Waals surface area contributed by atoms with Crippen LogP contribution in [0.3, 0.4) is 0 Å². The number of hydrogen-bond donors (Lipinski definition) is 0. The quantitative estimate of drug-likeness (QED) is 0.485. The number of benzene rings is 2. The van der Waals surface area contributed by atoms with Crippen molar-refractivity contribution in [2.45, 2.75) is 6.42 Å². The van der Waals surface area contributed by atoms with E-state index in [2.05, 4.69) is 25.1 Å². The summed E-state index contributed by atoms with van der Waals surface area (Å²) in [6.45, 7) is 2.68. The van der Waals surface area contributed by atoms with Crippen molar-refractivity contribution in [2.24, 2.45) is 0 Å². The highest BCUT2D eigenvalue weighted by Crippen LogP contribution is 2.24. The van der Waals surface area contributed by atoms with Crippen molar-refractivity contribution in [3.05, 3.63) is 78.6 Å². The summed E-state index contributed by atoms with van der Waals surface area (Å²) in [4.78, 5) is 25.6. The van der Waals surface area contributed by atoms with Crippen LogP contribution >= 0.6 is 0 Å². The second-order valence-corrected chi connectivity index (χ2v) is 7.57. The molecule has 0 aliphatic carbocycles. The van der Waals surface area contributed by atoms with Gasteiger partial charge in [0.15, 0.2) is 0 Å². The molecular weight excluding hydrogens is 404 g/mol. The molecule has 8 nitrogen and oxygen atoms in total. The van der Waals surface area contributed by atoms with E-state index < -0.39 is 0 Å². The van der Waals surface area contributed by atoms with Gasteiger partial charge in [0.1, 0.15) is 11.5 Å². The summed E-state index contributed by atoms with van der Waals surface area (Å²) in [6, 6.07) is 19.4. The Balaban J connectivity index is 1.24. The molecule has 0 N–H and O–H groups in total. The van der Waals surface area contributed by atoms with E-state index in [1.165, 1.54) is 0 Å². The molecule has 1 fully saturated rings. The van der Waals surface area contributed by atoms with E-state index in [1.54, 1.807) is 12.4 Å². The van der Waals surface area contributed by atoms with Crippen molar-refractivity contribution in [3.63, 3.8) is 0 Å². The minimum absolute atomic E-state index is 0.148. The zero-order valence-electron chi connectivity index (χ0n) is 17.5. The summed E-state index contributed by atoms with van der Waals surface area (Å²) in [5.74, 6) is 1.65. The van der Waals surface area contributed by atoms with E-state index in [-0.39, 0.29) is 5.91 Å². The molecule has 1 aliphatic heterocycles. The lowest BCUT2D eigenvalue weighted by Gasteiger charge is -2.35. The largest absolute Gasteiger partial charge is 0.415 e. The maximum atomic E-state index is 12.6. The van der Waals surface area contributed by atoms with Gasteiger partial charge in [-0.1, -0.05) is 48.5 Å². The summed E-state index contributed by atoms with van der Waals surface area (Å²) in [5, 5.41) is 8.26. The van der Waals surface area contributed by atoms with E-state index in [1.807, 2.05) is 65.6 Å². The molecule has 0 saturated carbocycles. The lowest BCUT2D eigenvalue weighted by atomic mass is 10.1. The average molecular weight is 426 g/mol. The number of carbonyl (C=O) groups is 1. The fourth-order valence-corrected chi connectivity index (χ4v) is 3.70. The molecule has 0 radical (unpaired) electrons. The highest BCUT2D eigenvalue weighted by molar-refractivity contribution is 5.79. The summed E-state index contributed by atoms with van der Waals surface area (Å²) in [6.07, 6.45) is 3.77. The van der Waals surface area contributed by atoms with Gasteiger partial charge in [0.25, 0.3) is 5.89 Å². The fourth-order valence-electron chi connectivity index (χ4n) is 3.70. The van der Waals surface area contributed by atoms with Crippen LogP contribution in [-0.4, -0.2) is 57.2 Å². The maximum absolute atomic E-state index is 12.6. The van der Waals surface area contributed by atoms with Gasteiger partial charge < -0.3 is 14.2 Å². The summed E-state index contributed by atoms with van der Waals surface area (Å²) >= 11 is 0. The zero-order valence-corrected chi connectivity index (χ0v) is 17.5. The molecule has 0 spiro atoms. The first-order valence-electron chi connectivity index (χ1n) is 10.5. The van der Waals surface area contributed by atoms with Crippen LogP contribution in [0.25, 0.3) is 23.0 Å². The minimum Gasteiger partial charge on any atom is -0.415 e. The van der Waals surface area contributed by atoms with Crippen molar-refractivity contribution in [1.29, 1.82) is 0 Å². The molecule has 8 heteroatoms. The molecule has 2 aromatic heterocycles. The highest BCUT2D eigenvalue weighted by atomic mass is 16.4. The number of rotatable bonds is 5. The molecule has 4 aromatic rings. The second kappa shape index (κ2) is 8.97. The van der Waals surface area contributed by atoms with Gasteiger partial charge in [-0.05, 0) is 17.7 Å². The lowest BCUT2D eigenvalue weighted by Crippen LogP contribution is -2.49. The van der Waals surface area contributed by atoms with Crippen LogP contribution in [0.5, 0.6) is 0 Å². The Morgan fingerprint density at radius 3 is 2.28 bits per heavy atom. The predicted molar refractivity (Wildman–Crippen MR) is 120 cm³/mol. The van der Waals surface area contributed by atoms with Crippen LogP contribution in [0, 0.1) is 0 Å². The van der Waals surface area contributed by atoms with E-state index in [4.69, 9.17) is 4.42 Å². The van der Waals surface area contributed by atoms with Crippen molar-refractivity contribution < 1.29 is 9.21 Å². The Bertz CT molecular complexity index is 1190. The average Bonchev–Trinajstić information content (AvgIpc) is 3.36. The van der Waals surface area contributed by atoms with Crippen LogP contribution in [0.4, 0.5) is 5.82 Å². The summed E-state index contributed by atoms with van der Waals surface area (Å²) < 4.78 is 5.81. The van der Waals surface area contributed by atoms with Gasteiger partial charge in [-0.15, -0.1) is 10.2 Å². The second-order valence-electron chi connectivity index (χ2n) is 7.57. The highest BCUT2D eigenvalue weighted by Gasteiger charge is 2.23. The number of carbonyl (C=O) groups excluding carboxylic acids is 1. The van der Waals surface area contributed by atoms with Gasteiger partial charge in [0.05, 0.1) is 18.8 Å². The molecule has 1 saturated heterocycles. The molecule has 3 heterocycles. The van der Waals surface area contributed by atoms with E-state index >= 15 is 0 Å². The topological polar surface area (TPSA) is 88.3 Å². The third kappa shape index (κ3) is 4.34. The number of aromatic nitrogens is 4. The van der Waals surface area contributed by atoms with E-state index in [0.29, 0.717) is 50.1 Å². The van der Waals surface area contributed by atoms with Gasteiger partial charge in [0.2, 0.25) is 11.8 Å². The molecule has 1 amide bonds. The summed E-state index contributed by atoms with van der Waals surface area (Å²) in [5.41, 5.74) is 2.42. The minimum atomic E-state index is 0.148. The molecular formula is C24H22N6O2. The van der Waals surface area contributed by atoms with Crippen LogP contribution in [0.2, 0.25) is 0 Å². The first-order chi connectivity index (χ1) is 15.8. The van der Waals surface area contributed by atoms with Gasteiger partial charge in [-0.2, -0.15) is 0 Å². The molecule has 0 unspecified atom stereocenters. The number of hydrogen-bond acceptors (Lipinski definition) is 7. The number of piperazine rings is 1. The Hall–Kier alpha value is -4.07. The van der Waals surface area contributed by atoms with Crippen molar-refractivity contribution >= 4 is 11.7 Å². The zero-order chi connectivity index (χ0) is 21.8. The fraction of sp³-hybridized carbons (Fsp3) is 0.208. The Morgan fingerprint density at radius 1 is 0.844 bits per heavy atom. The molecule has 0 atom stereocenters. The molecule has 5 rings (SSSR count). The Kier molecular flexibility index (Phi) is 5.57. The Labute approximate surface area is 185 Å². The van der Waals surface area contributed by atoms with Gasteiger partial charge in [0, 0.05) is 31.7 Å². The maximum Gasteiger partial charge on any atom is 0.268 e. The SMILES string of the molecule is O=C(Cc1ccccc1)N1CCN(c2cncc(-c3nnc(-c4ccccc4)o3)n2)CC1. The lowest BCUT2D eigenvalue weighted by molar-refractivity contribution is -0.130. The third-order valence-corrected chi connectivity index (χ3v) is 5.44. The van der Waals surface area contributed by atoms with E-state index in [9.17, 15) is 4.79 Å². The summed E-state index contributed by atoms with van der Waals surface area (Å²) in [7, 11) is 0. The van der Waals surface area contributed by atoms with Crippen LogP contribution in [-0.2, 0) is 11.2 Å². The van der Waals surface area contributed by atoms with Crippen molar-refractivity contribution in [2.75, 3.05) is 31.1 Å². The van der Waals surface area contributed by atoms with Crippen LogP contribution in [0.15, 0.2) is 77.5 Å². The Morgan fingerprint density at radius 2 is 1.53 bits per heavy atom. The number of amides is 1. The van der Waals surface area contributed by atoms with Crippen LogP contribution < -0.4 is 4.90 Å². The first-order valence-corrected chi connectivity index (χ1v) is 10.5. The first kappa shape index (κ1) is 19.9. The number of anilines is 1. The molecule has 2 aromatic carbocycles. The molecule has 0 bridgehead atoms. The normalized spacial score (nSPS) is 13.9. The number of nitrogens with zero attached hydrogens (tertiary/aromatic N) is 6. The molecule has 32 heavy (non-hydrogen) atoms. The standard InChI is InChI=1S/C24H22N6O2/c31-22(15-18-7-3-1-4-8-18)30-13-11-29(12-14-30)21-17-25-16-20(26-21)24-28-27-23(32-24)19-9-5-2-6-10-19/h1-10,16-17H,11-15H2. The monoisotopic (exact) mass is 426 g/mol. The smallest absolute Gasteiger partial charge is 0.268 e. The van der Waals surface area contributed by atoms with Gasteiger partial charge in [-0.25, -0.2) is 4.98 Å². The van der Waals surface area contributed by atoms with Gasteiger partial charge in [-0.3, -0.25) is 9.78 Å². The van der Waals surface area contributed by atoms with Crippen LogP contribution in [0.1, 0.15) is 5.56 Å².